The molecule has 2 aromatic rings. The van der Waals surface area contributed by atoms with Crippen molar-refractivity contribution < 1.29 is 9.59 Å². The molecule has 6 heteroatoms. The molecule has 1 spiro atoms. The molecule has 0 saturated carbocycles. The van der Waals surface area contributed by atoms with Gasteiger partial charge in [0, 0.05) is 25.6 Å². The largest absolute Gasteiger partial charge is 0.356 e. The Morgan fingerprint density at radius 2 is 2.04 bits per heavy atom. The summed E-state index contributed by atoms with van der Waals surface area (Å²) in [4.78, 5) is 27.2. The first-order valence-electron chi connectivity index (χ1n) is 8.10. The van der Waals surface area contributed by atoms with Gasteiger partial charge in [0.1, 0.15) is 0 Å². The lowest BCUT2D eigenvalue weighted by atomic mass is 9.73. The number of carbonyl (C=O) groups is 2. The Morgan fingerprint density at radius 1 is 1.21 bits per heavy atom. The zero-order valence-corrected chi connectivity index (χ0v) is 13.2. The molecule has 2 aliphatic heterocycles. The molecule has 24 heavy (non-hydrogen) atoms. The van der Waals surface area contributed by atoms with Gasteiger partial charge in [-0.2, -0.15) is 10.2 Å². The average Bonchev–Trinajstić information content (AvgIpc) is 3.20. The van der Waals surface area contributed by atoms with Crippen molar-refractivity contribution in [3.05, 3.63) is 59.9 Å². The fourth-order valence-electron chi connectivity index (χ4n) is 3.95. The highest BCUT2D eigenvalue weighted by Gasteiger charge is 2.55. The lowest BCUT2D eigenvalue weighted by molar-refractivity contribution is -0.127. The van der Waals surface area contributed by atoms with E-state index in [1.54, 1.807) is 11.0 Å². The zero-order chi connectivity index (χ0) is 16.6. The van der Waals surface area contributed by atoms with Crippen LogP contribution in [0.25, 0.3) is 0 Å². The summed E-state index contributed by atoms with van der Waals surface area (Å²) in [5.41, 5.74) is 1.09. The Labute approximate surface area is 139 Å². The Hall–Kier alpha value is -2.76. The summed E-state index contributed by atoms with van der Waals surface area (Å²) < 4.78 is 0. The van der Waals surface area contributed by atoms with Gasteiger partial charge >= 0.3 is 0 Å². The Bertz CT molecular complexity index is 765. The third kappa shape index (κ3) is 2.26. The number of benzene rings is 1. The molecule has 0 radical (unpaired) electrons. The maximum Gasteiger partial charge on any atom is 0.255 e. The van der Waals surface area contributed by atoms with Gasteiger partial charge in [0.05, 0.1) is 23.4 Å². The van der Waals surface area contributed by atoms with E-state index in [9.17, 15) is 9.59 Å². The first kappa shape index (κ1) is 14.8. The number of rotatable bonds is 2. The minimum Gasteiger partial charge on any atom is -0.356 e. The molecule has 3 heterocycles. The van der Waals surface area contributed by atoms with Crippen LogP contribution in [0, 0.1) is 5.41 Å². The fourth-order valence-corrected chi connectivity index (χ4v) is 3.95. The summed E-state index contributed by atoms with van der Waals surface area (Å²) in [5, 5.41) is 10.4. The topological polar surface area (TPSA) is 75.2 Å². The second kappa shape index (κ2) is 5.70. The molecule has 122 valence electrons. The van der Waals surface area contributed by atoms with E-state index in [2.05, 4.69) is 15.5 Å². The molecule has 0 bridgehead atoms. The number of aromatic nitrogens is 2. The molecule has 2 fully saturated rings. The van der Waals surface area contributed by atoms with Crippen LogP contribution in [0.4, 0.5) is 0 Å². The SMILES string of the molecule is O=C(c1ccnnc1)N1C[C@H](c2ccccc2)[C@]2(CCNC2=O)C1. The van der Waals surface area contributed by atoms with E-state index in [-0.39, 0.29) is 17.7 Å². The van der Waals surface area contributed by atoms with Crippen molar-refractivity contribution in [1.82, 2.24) is 20.4 Å². The molecule has 4 rings (SSSR count). The fraction of sp³-hybridized carbons (Fsp3) is 0.333. The first-order valence-corrected chi connectivity index (χ1v) is 8.10. The van der Waals surface area contributed by atoms with Crippen LogP contribution in [-0.2, 0) is 4.79 Å². The van der Waals surface area contributed by atoms with Crippen LogP contribution in [0.15, 0.2) is 48.8 Å². The number of amides is 2. The molecule has 0 aliphatic carbocycles. The molecular formula is C18H18N4O2. The third-order valence-electron chi connectivity index (χ3n) is 5.17. The minimum absolute atomic E-state index is 0.0138. The highest BCUT2D eigenvalue weighted by atomic mass is 16.2. The summed E-state index contributed by atoms with van der Waals surface area (Å²) >= 11 is 0. The van der Waals surface area contributed by atoms with E-state index in [1.807, 2.05) is 30.3 Å². The van der Waals surface area contributed by atoms with Crippen LogP contribution in [0.5, 0.6) is 0 Å². The molecule has 2 amide bonds. The second-order valence-corrected chi connectivity index (χ2v) is 6.44. The van der Waals surface area contributed by atoms with E-state index in [1.165, 1.54) is 12.4 Å². The van der Waals surface area contributed by atoms with Gasteiger partial charge in [-0.3, -0.25) is 9.59 Å². The van der Waals surface area contributed by atoms with Gasteiger partial charge in [0.2, 0.25) is 5.91 Å². The lowest BCUT2D eigenvalue weighted by Gasteiger charge is -2.27. The summed E-state index contributed by atoms with van der Waals surface area (Å²) in [5.74, 6) is -0.0261. The minimum atomic E-state index is -0.530. The van der Waals surface area contributed by atoms with Crippen LogP contribution >= 0.6 is 0 Å². The number of likely N-dealkylation sites (tertiary alicyclic amines) is 1. The predicted octanol–water partition coefficient (Wildman–Crippen LogP) is 1.22. The Kier molecular flexibility index (Phi) is 3.52. The molecule has 1 N–H and O–H groups in total. The van der Waals surface area contributed by atoms with Crippen LogP contribution in [0.1, 0.15) is 28.3 Å². The van der Waals surface area contributed by atoms with Crippen LogP contribution in [0.3, 0.4) is 0 Å². The Balaban J connectivity index is 1.69. The standard InChI is InChI=1S/C18H18N4O2/c23-16(14-6-8-20-21-10-14)22-11-15(13-4-2-1-3-5-13)18(12-22)7-9-19-17(18)24/h1-6,8,10,15H,7,9,11-12H2,(H,19,24)/t15-,18+/m1/s1. The maximum atomic E-state index is 12.8. The molecule has 2 atom stereocenters. The highest BCUT2D eigenvalue weighted by molar-refractivity contribution is 5.95. The number of nitrogens with zero attached hydrogens (tertiary/aromatic N) is 3. The number of nitrogens with one attached hydrogen (secondary N) is 1. The van der Waals surface area contributed by atoms with Gasteiger partial charge in [-0.1, -0.05) is 30.3 Å². The third-order valence-corrected chi connectivity index (χ3v) is 5.17. The van der Waals surface area contributed by atoms with Gasteiger partial charge < -0.3 is 10.2 Å². The molecule has 1 aromatic heterocycles. The zero-order valence-electron chi connectivity index (χ0n) is 13.2. The summed E-state index contributed by atoms with van der Waals surface area (Å²) in [7, 11) is 0. The summed E-state index contributed by atoms with van der Waals surface area (Å²) in [6, 6.07) is 11.7. The van der Waals surface area contributed by atoms with Crippen molar-refractivity contribution in [2.45, 2.75) is 12.3 Å². The molecule has 2 saturated heterocycles. The van der Waals surface area contributed by atoms with Gasteiger partial charge in [-0.15, -0.1) is 0 Å². The van der Waals surface area contributed by atoms with Crippen molar-refractivity contribution in [2.75, 3.05) is 19.6 Å². The first-order chi connectivity index (χ1) is 11.7. The number of carbonyl (C=O) groups excluding carboxylic acids is 2. The molecular weight excluding hydrogens is 304 g/mol. The Morgan fingerprint density at radius 3 is 2.71 bits per heavy atom. The van der Waals surface area contributed by atoms with Crippen LogP contribution in [-0.4, -0.2) is 46.5 Å². The van der Waals surface area contributed by atoms with Crippen molar-refractivity contribution >= 4 is 11.8 Å². The van der Waals surface area contributed by atoms with Gasteiger partial charge in [-0.05, 0) is 18.1 Å². The van der Waals surface area contributed by atoms with E-state index >= 15 is 0 Å². The van der Waals surface area contributed by atoms with E-state index in [0.29, 0.717) is 25.2 Å². The van der Waals surface area contributed by atoms with E-state index in [4.69, 9.17) is 0 Å². The van der Waals surface area contributed by atoms with Crippen LogP contribution in [0.2, 0.25) is 0 Å². The highest BCUT2D eigenvalue weighted by Crippen LogP contribution is 2.47. The van der Waals surface area contributed by atoms with Crippen LogP contribution < -0.4 is 5.32 Å². The van der Waals surface area contributed by atoms with Crippen molar-refractivity contribution in [3.8, 4) is 0 Å². The quantitative estimate of drug-likeness (QED) is 0.902. The maximum absolute atomic E-state index is 12.8. The second-order valence-electron chi connectivity index (χ2n) is 6.44. The number of hydrogen-bond donors (Lipinski definition) is 1. The molecule has 0 unspecified atom stereocenters. The van der Waals surface area contributed by atoms with Gasteiger partial charge in [0.15, 0.2) is 0 Å². The number of hydrogen-bond acceptors (Lipinski definition) is 4. The molecule has 1 aromatic carbocycles. The van der Waals surface area contributed by atoms with Gasteiger partial charge in [-0.25, -0.2) is 0 Å². The van der Waals surface area contributed by atoms with Gasteiger partial charge in [0.25, 0.3) is 5.91 Å². The van der Waals surface area contributed by atoms with Crippen molar-refractivity contribution in [1.29, 1.82) is 0 Å². The van der Waals surface area contributed by atoms with E-state index in [0.717, 1.165) is 12.0 Å². The monoisotopic (exact) mass is 322 g/mol. The summed E-state index contributed by atoms with van der Waals surface area (Å²) in [6.07, 6.45) is 3.74. The van der Waals surface area contributed by atoms with E-state index < -0.39 is 5.41 Å². The predicted molar refractivity (Wildman–Crippen MR) is 87.2 cm³/mol. The molecule has 6 nitrogen and oxygen atoms in total. The average molecular weight is 322 g/mol. The van der Waals surface area contributed by atoms with Crippen molar-refractivity contribution in [2.24, 2.45) is 5.41 Å². The summed E-state index contributed by atoms with van der Waals surface area (Å²) in [6.45, 7) is 1.65. The normalized spacial score (nSPS) is 25.9. The molecule has 2 aliphatic rings. The lowest BCUT2D eigenvalue weighted by Crippen LogP contribution is -2.38. The smallest absolute Gasteiger partial charge is 0.255 e. The van der Waals surface area contributed by atoms with Crippen molar-refractivity contribution in [3.63, 3.8) is 0 Å².